The van der Waals surface area contributed by atoms with Gasteiger partial charge in [0.05, 0.1) is 4.92 Å². The van der Waals surface area contributed by atoms with E-state index in [0.29, 0.717) is 24.1 Å². The summed E-state index contributed by atoms with van der Waals surface area (Å²) in [5, 5.41) is 14.2. The number of hydrogen-bond donors (Lipinski definition) is 1. The lowest BCUT2D eigenvalue weighted by molar-refractivity contribution is -0.385. The van der Waals surface area contributed by atoms with Gasteiger partial charge in [0.25, 0.3) is 5.69 Å². The summed E-state index contributed by atoms with van der Waals surface area (Å²) in [4.78, 5) is 27.4. The lowest BCUT2D eigenvalue weighted by Gasteiger charge is -2.08. The minimum atomic E-state index is -0.412. The van der Waals surface area contributed by atoms with Gasteiger partial charge in [-0.2, -0.15) is 0 Å². The SMILES string of the molecule is CCCCCCCCCC(=O)Nc1ccc(Cc2ccccn2)c([N+](=O)[O-])c1. The van der Waals surface area contributed by atoms with Gasteiger partial charge >= 0.3 is 0 Å². The molecule has 1 amide bonds. The van der Waals surface area contributed by atoms with E-state index < -0.39 is 4.92 Å². The zero-order chi connectivity index (χ0) is 20.2. The number of carbonyl (C=O) groups excluding carboxylic acids is 1. The zero-order valence-electron chi connectivity index (χ0n) is 16.5. The molecule has 2 aromatic rings. The van der Waals surface area contributed by atoms with E-state index in [2.05, 4.69) is 17.2 Å². The average Bonchev–Trinajstić information content (AvgIpc) is 2.69. The number of pyridine rings is 1. The molecular formula is C22H29N3O3. The summed E-state index contributed by atoms with van der Waals surface area (Å²) < 4.78 is 0. The van der Waals surface area contributed by atoms with Crippen molar-refractivity contribution in [3.63, 3.8) is 0 Å². The van der Waals surface area contributed by atoms with Gasteiger partial charge in [0, 0.05) is 42.0 Å². The first-order chi connectivity index (χ1) is 13.6. The molecule has 1 aromatic heterocycles. The first-order valence-electron chi connectivity index (χ1n) is 10.1. The number of benzene rings is 1. The highest BCUT2D eigenvalue weighted by atomic mass is 16.6. The van der Waals surface area contributed by atoms with Crippen molar-refractivity contribution in [1.82, 2.24) is 4.98 Å². The number of anilines is 1. The maximum atomic E-state index is 12.1. The van der Waals surface area contributed by atoms with Gasteiger partial charge < -0.3 is 5.32 Å². The number of carbonyl (C=O) groups is 1. The Hall–Kier alpha value is -2.76. The van der Waals surface area contributed by atoms with Crippen LogP contribution >= 0.6 is 0 Å². The van der Waals surface area contributed by atoms with Gasteiger partial charge in [-0.25, -0.2) is 0 Å². The Balaban J connectivity index is 1.87. The molecule has 6 heteroatoms. The second-order valence-corrected chi connectivity index (χ2v) is 7.02. The molecule has 0 saturated carbocycles. The molecule has 0 aliphatic carbocycles. The van der Waals surface area contributed by atoms with Crippen LogP contribution in [0.5, 0.6) is 0 Å². The molecule has 0 aliphatic heterocycles. The molecule has 6 nitrogen and oxygen atoms in total. The maximum Gasteiger partial charge on any atom is 0.275 e. The topological polar surface area (TPSA) is 85.1 Å². The van der Waals surface area contributed by atoms with Crippen LogP contribution in [0.2, 0.25) is 0 Å². The number of nitrogens with zero attached hydrogens (tertiary/aromatic N) is 2. The number of rotatable bonds is 12. The van der Waals surface area contributed by atoms with E-state index in [1.54, 1.807) is 18.3 Å². The summed E-state index contributed by atoms with van der Waals surface area (Å²) in [6.45, 7) is 2.19. The highest BCUT2D eigenvalue weighted by Crippen LogP contribution is 2.25. The number of hydrogen-bond acceptors (Lipinski definition) is 4. The molecule has 0 saturated heterocycles. The Morgan fingerprint density at radius 2 is 1.82 bits per heavy atom. The van der Waals surface area contributed by atoms with Crippen LogP contribution in [-0.4, -0.2) is 15.8 Å². The van der Waals surface area contributed by atoms with Crippen LogP contribution in [0.1, 0.15) is 69.5 Å². The molecule has 150 valence electrons. The van der Waals surface area contributed by atoms with E-state index in [4.69, 9.17) is 0 Å². The van der Waals surface area contributed by atoms with Crippen molar-refractivity contribution in [2.24, 2.45) is 0 Å². The van der Waals surface area contributed by atoms with Crippen molar-refractivity contribution in [2.45, 2.75) is 64.7 Å². The third-order valence-corrected chi connectivity index (χ3v) is 4.67. The Bertz CT molecular complexity index is 763. The van der Waals surface area contributed by atoms with E-state index >= 15 is 0 Å². The second-order valence-electron chi connectivity index (χ2n) is 7.02. The first-order valence-corrected chi connectivity index (χ1v) is 10.1. The summed E-state index contributed by atoms with van der Waals surface area (Å²) in [5.74, 6) is -0.0969. The fourth-order valence-corrected chi connectivity index (χ4v) is 3.13. The van der Waals surface area contributed by atoms with E-state index in [1.807, 2.05) is 18.2 Å². The largest absolute Gasteiger partial charge is 0.326 e. The molecule has 0 spiro atoms. The summed E-state index contributed by atoms with van der Waals surface area (Å²) in [6.07, 6.45) is 10.5. The van der Waals surface area contributed by atoms with E-state index in [0.717, 1.165) is 25.0 Å². The summed E-state index contributed by atoms with van der Waals surface area (Å²) in [5.41, 5.74) is 1.80. The van der Waals surface area contributed by atoms with Crippen molar-refractivity contribution in [3.05, 3.63) is 64.0 Å². The Labute approximate surface area is 166 Å². The number of nitrogens with one attached hydrogen (secondary N) is 1. The molecule has 0 aliphatic rings. The van der Waals surface area contributed by atoms with E-state index in [1.165, 1.54) is 31.7 Å². The average molecular weight is 383 g/mol. The number of nitro groups is 1. The van der Waals surface area contributed by atoms with Crippen molar-refractivity contribution in [3.8, 4) is 0 Å². The molecule has 2 rings (SSSR count). The van der Waals surface area contributed by atoms with E-state index in [9.17, 15) is 14.9 Å². The Morgan fingerprint density at radius 3 is 2.50 bits per heavy atom. The van der Waals surface area contributed by atoms with Gasteiger partial charge in [-0.05, 0) is 30.7 Å². The molecular weight excluding hydrogens is 354 g/mol. The van der Waals surface area contributed by atoms with Crippen LogP contribution in [0.4, 0.5) is 11.4 Å². The maximum absolute atomic E-state index is 12.1. The zero-order valence-corrected chi connectivity index (χ0v) is 16.5. The van der Waals surface area contributed by atoms with Gasteiger partial charge in [-0.15, -0.1) is 0 Å². The predicted octanol–water partition coefficient (Wildman–Crippen LogP) is 5.66. The molecule has 1 heterocycles. The number of nitro benzene ring substituents is 1. The van der Waals surface area contributed by atoms with Gasteiger partial charge in [0.1, 0.15) is 0 Å². The highest BCUT2D eigenvalue weighted by Gasteiger charge is 2.16. The van der Waals surface area contributed by atoms with Crippen LogP contribution in [0.15, 0.2) is 42.6 Å². The van der Waals surface area contributed by atoms with Gasteiger partial charge in [-0.1, -0.05) is 51.5 Å². The van der Waals surface area contributed by atoms with Crippen molar-refractivity contribution >= 4 is 17.3 Å². The fourth-order valence-electron chi connectivity index (χ4n) is 3.13. The number of unbranched alkanes of at least 4 members (excludes halogenated alkanes) is 6. The second kappa shape index (κ2) is 11.8. The minimum Gasteiger partial charge on any atom is -0.326 e. The summed E-state index contributed by atoms with van der Waals surface area (Å²) >= 11 is 0. The summed E-state index contributed by atoms with van der Waals surface area (Å²) in [7, 11) is 0. The molecule has 1 aromatic carbocycles. The third kappa shape index (κ3) is 7.47. The van der Waals surface area contributed by atoms with Crippen LogP contribution in [0, 0.1) is 10.1 Å². The van der Waals surface area contributed by atoms with Crippen LogP contribution in [-0.2, 0) is 11.2 Å². The number of amides is 1. The lowest BCUT2D eigenvalue weighted by atomic mass is 10.1. The van der Waals surface area contributed by atoms with E-state index in [-0.39, 0.29) is 11.6 Å². The third-order valence-electron chi connectivity index (χ3n) is 4.67. The minimum absolute atomic E-state index is 0.000577. The molecule has 1 N–H and O–H groups in total. The van der Waals surface area contributed by atoms with Crippen molar-refractivity contribution in [1.29, 1.82) is 0 Å². The lowest BCUT2D eigenvalue weighted by Crippen LogP contribution is -2.11. The molecule has 28 heavy (non-hydrogen) atoms. The number of aromatic nitrogens is 1. The molecule has 0 fully saturated rings. The normalized spacial score (nSPS) is 10.6. The highest BCUT2D eigenvalue weighted by molar-refractivity contribution is 5.91. The molecule has 0 radical (unpaired) electrons. The summed E-state index contributed by atoms with van der Waals surface area (Å²) in [6, 6.07) is 10.3. The Morgan fingerprint density at radius 1 is 1.07 bits per heavy atom. The van der Waals surface area contributed by atoms with Crippen molar-refractivity contribution in [2.75, 3.05) is 5.32 Å². The standard InChI is InChI=1S/C22H29N3O3/c1-2-3-4-5-6-7-8-12-22(26)24-20-14-13-18(21(17-20)25(27)28)16-19-11-9-10-15-23-19/h9-11,13-15,17H,2-8,12,16H2,1H3,(H,24,26). The van der Waals surface area contributed by atoms with Crippen molar-refractivity contribution < 1.29 is 9.72 Å². The smallest absolute Gasteiger partial charge is 0.275 e. The fraction of sp³-hybridized carbons (Fsp3) is 0.455. The van der Waals surface area contributed by atoms with Crippen LogP contribution in [0.3, 0.4) is 0 Å². The molecule has 0 bridgehead atoms. The van der Waals surface area contributed by atoms with Gasteiger partial charge in [-0.3, -0.25) is 19.9 Å². The molecule has 0 atom stereocenters. The van der Waals surface area contributed by atoms with Gasteiger partial charge in [0.2, 0.25) is 5.91 Å². The monoisotopic (exact) mass is 383 g/mol. The quantitative estimate of drug-likeness (QED) is 0.291. The first kappa shape index (κ1) is 21.5. The van der Waals surface area contributed by atoms with Crippen LogP contribution < -0.4 is 5.32 Å². The predicted molar refractivity (Wildman–Crippen MR) is 111 cm³/mol. The Kier molecular flexibility index (Phi) is 9.11. The molecule has 0 unspecified atom stereocenters. The van der Waals surface area contributed by atoms with Crippen LogP contribution in [0.25, 0.3) is 0 Å². The van der Waals surface area contributed by atoms with Gasteiger partial charge in [0.15, 0.2) is 0 Å².